The molecule has 4 aromatic rings. The van der Waals surface area contributed by atoms with Crippen molar-refractivity contribution in [2.45, 2.75) is 26.7 Å². The third-order valence-corrected chi connectivity index (χ3v) is 6.94. The number of hydrogen-bond acceptors (Lipinski definition) is 6. The number of nitrogens with zero attached hydrogens (tertiary/aromatic N) is 4. The van der Waals surface area contributed by atoms with Crippen LogP contribution >= 0.6 is 11.3 Å². The number of nitrogens with one attached hydrogen (secondary N) is 1. The summed E-state index contributed by atoms with van der Waals surface area (Å²) in [5.41, 5.74) is 2.78. The van der Waals surface area contributed by atoms with Crippen LogP contribution in [0, 0.1) is 5.92 Å². The maximum absolute atomic E-state index is 13.6. The van der Waals surface area contributed by atoms with Crippen LogP contribution in [0.25, 0.3) is 21.1 Å². The number of rotatable bonds is 7. The quantitative estimate of drug-likeness (QED) is 0.448. The highest BCUT2D eigenvalue weighted by atomic mass is 32.1. The lowest BCUT2D eigenvalue weighted by Gasteiger charge is -2.21. The molecule has 4 aromatic heterocycles. The molecule has 0 aliphatic heterocycles. The number of aliphatic hydroxyl groups is 1. The van der Waals surface area contributed by atoms with E-state index in [4.69, 9.17) is 0 Å². The summed E-state index contributed by atoms with van der Waals surface area (Å²) in [6.45, 7) is 4.26. The number of aryl methyl sites for hydroxylation is 2. The second-order valence-corrected chi connectivity index (χ2v) is 9.30. The van der Waals surface area contributed by atoms with E-state index in [1.54, 1.807) is 25.2 Å². The average Bonchev–Trinajstić information content (AvgIpc) is 3.37. The number of aliphatic hydroxyl groups excluding tert-OH is 1. The van der Waals surface area contributed by atoms with E-state index in [0.29, 0.717) is 30.3 Å². The Morgan fingerprint density at radius 2 is 2.19 bits per heavy atom. The Morgan fingerprint density at radius 1 is 1.41 bits per heavy atom. The zero-order valence-electron chi connectivity index (χ0n) is 18.7. The van der Waals surface area contributed by atoms with Gasteiger partial charge in [-0.3, -0.25) is 9.59 Å². The van der Waals surface area contributed by atoms with Gasteiger partial charge in [0.25, 0.3) is 11.5 Å². The Kier molecular flexibility index (Phi) is 6.12. The van der Waals surface area contributed by atoms with Gasteiger partial charge in [-0.15, -0.1) is 11.3 Å². The molecule has 0 saturated heterocycles. The molecule has 0 radical (unpaired) electrons. The number of fused-ring (bicyclic) bond motifs is 2. The van der Waals surface area contributed by atoms with Gasteiger partial charge in [-0.05, 0) is 30.0 Å². The molecule has 8 nitrogen and oxygen atoms in total. The molecule has 0 aliphatic carbocycles. The summed E-state index contributed by atoms with van der Waals surface area (Å²) in [5.74, 6) is -0.275. The van der Waals surface area contributed by atoms with E-state index in [-0.39, 0.29) is 24.0 Å². The fourth-order valence-corrected chi connectivity index (χ4v) is 5.39. The topological polar surface area (TPSA) is 104 Å². The van der Waals surface area contributed by atoms with E-state index >= 15 is 0 Å². The molecule has 32 heavy (non-hydrogen) atoms. The first kappa shape index (κ1) is 22.2. The van der Waals surface area contributed by atoms with Crippen LogP contribution < -0.4 is 5.56 Å². The lowest BCUT2D eigenvalue weighted by molar-refractivity contribution is 0.0758. The predicted molar refractivity (Wildman–Crippen MR) is 126 cm³/mol. The third kappa shape index (κ3) is 3.82. The van der Waals surface area contributed by atoms with Gasteiger partial charge in [-0.1, -0.05) is 13.8 Å². The third-order valence-electron chi connectivity index (χ3n) is 5.70. The maximum atomic E-state index is 13.6. The van der Waals surface area contributed by atoms with Gasteiger partial charge in [-0.25, -0.2) is 9.67 Å². The number of aromatic nitrogens is 4. The van der Waals surface area contributed by atoms with Crippen molar-refractivity contribution in [3.05, 3.63) is 56.6 Å². The normalized spacial score (nSPS) is 12.5. The van der Waals surface area contributed by atoms with E-state index in [2.05, 4.69) is 15.1 Å². The number of H-pyrrole nitrogens is 1. The van der Waals surface area contributed by atoms with Crippen molar-refractivity contribution in [3.63, 3.8) is 0 Å². The molecule has 2 N–H and O–H groups in total. The monoisotopic (exact) mass is 453 g/mol. The summed E-state index contributed by atoms with van der Waals surface area (Å²) in [5, 5.41) is 15.3. The van der Waals surface area contributed by atoms with Crippen molar-refractivity contribution in [1.29, 1.82) is 0 Å². The summed E-state index contributed by atoms with van der Waals surface area (Å²) in [6, 6.07) is 3.88. The molecular weight excluding hydrogens is 426 g/mol. The summed E-state index contributed by atoms with van der Waals surface area (Å²) in [7, 11) is 3.33. The molecule has 4 rings (SSSR count). The highest BCUT2D eigenvalue weighted by molar-refractivity contribution is 7.19. The van der Waals surface area contributed by atoms with Crippen molar-refractivity contribution >= 4 is 38.4 Å². The molecule has 0 saturated carbocycles. The first-order chi connectivity index (χ1) is 15.3. The van der Waals surface area contributed by atoms with Gasteiger partial charge in [0.1, 0.15) is 5.65 Å². The van der Waals surface area contributed by atoms with E-state index in [1.165, 1.54) is 16.0 Å². The minimum absolute atomic E-state index is 0.0110. The summed E-state index contributed by atoms with van der Waals surface area (Å²) < 4.78 is 2.09. The summed E-state index contributed by atoms with van der Waals surface area (Å²) in [6.07, 6.45) is 4.80. The van der Waals surface area contributed by atoms with Gasteiger partial charge in [-0.2, -0.15) is 5.10 Å². The Hall–Kier alpha value is -3.04. The minimum Gasteiger partial charge on any atom is -0.396 e. The zero-order chi connectivity index (χ0) is 23.0. The number of amides is 1. The Morgan fingerprint density at radius 3 is 2.91 bits per heavy atom. The van der Waals surface area contributed by atoms with Crippen LogP contribution in [-0.4, -0.2) is 55.9 Å². The Labute approximate surface area is 189 Å². The van der Waals surface area contributed by atoms with Crippen molar-refractivity contribution in [3.8, 4) is 0 Å². The van der Waals surface area contributed by atoms with Crippen molar-refractivity contribution in [2.24, 2.45) is 13.0 Å². The highest BCUT2D eigenvalue weighted by Crippen LogP contribution is 2.34. The fourth-order valence-electron chi connectivity index (χ4n) is 4.03. The number of aromatic amines is 1. The van der Waals surface area contributed by atoms with Crippen molar-refractivity contribution in [2.75, 3.05) is 20.2 Å². The molecule has 1 unspecified atom stereocenters. The molecule has 0 spiro atoms. The minimum atomic E-state index is -0.271. The molecule has 4 heterocycles. The van der Waals surface area contributed by atoms with E-state index in [1.807, 2.05) is 32.2 Å². The standard InChI is InChI=1S/C23H27N5O3S/c1-5-16-20-19(23(31)28(4)26-16)18(22(30)27(3)11-13(2)12-29)17(32-20)9-14-10-25-21-15(14)7-6-8-24-21/h6-8,10,13,29H,5,9,11-12H2,1-4H3,(H,24,25). The van der Waals surface area contributed by atoms with Gasteiger partial charge < -0.3 is 15.0 Å². The van der Waals surface area contributed by atoms with Gasteiger partial charge in [0.15, 0.2) is 0 Å². The number of hydrogen-bond donors (Lipinski definition) is 2. The second kappa shape index (κ2) is 8.84. The largest absolute Gasteiger partial charge is 0.396 e. The number of thiophene rings is 1. The number of carbonyl (C=O) groups is 1. The second-order valence-electron chi connectivity index (χ2n) is 8.20. The van der Waals surface area contributed by atoms with E-state index < -0.39 is 0 Å². The average molecular weight is 454 g/mol. The van der Waals surface area contributed by atoms with Gasteiger partial charge in [0.05, 0.1) is 21.3 Å². The predicted octanol–water partition coefficient (Wildman–Crippen LogP) is 2.72. The molecule has 1 amide bonds. The molecule has 0 aromatic carbocycles. The highest BCUT2D eigenvalue weighted by Gasteiger charge is 2.27. The van der Waals surface area contributed by atoms with Gasteiger partial charge in [0, 0.05) is 56.3 Å². The van der Waals surface area contributed by atoms with Crippen LogP contribution in [0.3, 0.4) is 0 Å². The first-order valence-electron chi connectivity index (χ1n) is 10.6. The number of pyridine rings is 1. The molecular formula is C23H27N5O3S. The van der Waals surface area contributed by atoms with Crippen LogP contribution in [0.1, 0.15) is 40.3 Å². The zero-order valence-corrected chi connectivity index (χ0v) is 19.5. The fraction of sp³-hybridized carbons (Fsp3) is 0.391. The summed E-state index contributed by atoms with van der Waals surface area (Å²) >= 11 is 1.47. The van der Waals surface area contributed by atoms with Crippen LogP contribution in [0.5, 0.6) is 0 Å². The van der Waals surface area contributed by atoms with Gasteiger partial charge in [0.2, 0.25) is 0 Å². The molecule has 9 heteroatoms. The SMILES string of the molecule is CCc1nn(C)c(=O)c2c(C(=O)N(C)CC(C)CO)c(Cc3c[nH]c4ncccc34)sc12. The number of carbonyl (C=O) groups excluding carboxylic acids is 1. The molecule has 0 bridgehead atoms. The Balaban J connectivity index is 1.91. The first-order valence-corrected chi connectivity index (χ1v) is 11.5. The molecule has 1 atom stereocenters. The van der Waals surface area contributed by atoms with Crippen LogP contribution in [0.2, 0.25) is 0 Å². The van der Waals surface area contributed by atoms with Crippen LogP contribution in [0.15, 0.2) is 29.3 Å². The lowest BCUT2D eigenvalue weighted by Crippen LogP contribution is -2.33. The van der Waals surface area contributed by atoms with Crippen molar-refractivity contribution in [1.82, 2.24) is 24.6 Å². The molecule has 0 fully saturated rings. The van der Waals surface area contributed by atoms with E-state index in [9.17, 15) is 14.7 Å². The van der Waals surface area contributed by atoms with Crippen LogP contribution in [0.4, 0.5) is 0 Å². The smallest absolute Gasteiger partial charge is 0.276 e. The Bertz CT molecular complexity index is 1350. The van der Waals surface area contributed by atoms with Crippen molar-refractivity contribution < 1.29 is 9.90 Å². The van der Waals surface area contributed by atoms with E-state index in [0.717, 1.165) is 31.9 Å². The molecule has 0 aliphatic rings. The van der Waals surface area contributed by atoms with Crippen LogP contribution in [-0.2, 0) is 19.9 Å². The summed E-state index contributed by atoms with van der Waals surface area (Å²) in [4.78, 5) is 36.7. The lowest BCUT2D eigenvalue weighted by atomic mass is 10.0. The molecule has 168 valence electrons. The van der Waals surface area contributed by atoms with Gasteiger partial charge >= 0.3 is 0 Å². The maximum Gasteiger partial charge on any atom is 0.276 e.